The van der Waals surface area contributed by atoms with E-state index in [2.05, 4.69) is 10.3 Å². The summed E-state index contributed by atoms with van der Waals surface area (Å²) in [5.41, 5.74) is 0. The molecule has 0 saturated heterocycles. The highest BCUT2D eigenvalue weighted by Crippen LogP contribution is 1.71. The fourth-order valence-corrected chi connectivity index (χ4v) is 0.179. The number of rotatable bonds is 1. The van der Waals surface area contributed by atoms with E-state index in [1.165, 1.54) is 0 Å². The van der Waals surface area contributed by atoms with Crippen molar-refractivity contribution in [1.29, 1.82) is 0 Å². The van der Waals surface area contributed by atoms with Crippen LogP contribution in [0.1, 0.15) is 0 Å². The van der Waals surface area contributed by atoms with Crippen LogP contribution in [0.3, 0.4) is 0 Å². The Morgan fingerprint density at radius 1 is 1.33 bits per heavy atom. The molecule has 0 aromatic rings. The average molecular weight is 87.1 g/mol. The molecule has 0 aliphatic heterocycles. The minimum absolute atomic E-state index is 1.64. The predicted molar refractivity (Wildman–Crippen MR) is 24.5 cm³/mol. The maximum Gasteiger partial charge on any atom is 0.0509 e. The minimum Gasteiger partial charge on any atom is -0.285 e. The van der Waals surface area contributed by atoms with Crippen molar-refractivity contribution >= 4 is 0 Å². The molecule has 0 aliphatic carbocycles. The summed E-state index contributed by atoms with van der Waals surface area (Å²) in [5.74, 6) is 0. The lowest BCUT2D eigenvalue weighted by Gasteiger charge is -1.96. The molecular weight excluding hydrogens is 78.1 g/mol. The van der Waals surface area contributed by atoms with E-state index in [4.69, 9.17) is 0 Å². The van der Waals surface area contributed by atoms with E-state index < -0.39 is 0 Å². The first-order valence-electron chi connectivity index (χ1n) is 1.74. The Hall–Kier alpha value is -0.600. The predicted octanol–water partition coefficient (Wildman–Crippen LogP) is 0.545. The van der Waals surface area contributed by atoms with Gasteiger partial charge in [-0.3, -0.25) is 5.01 Å². The van der Waals surface area contributed by atoms with Crippen molar-refractivity contribution in [1.82, 2.24) is 5.01 Å². The molecule has 0 fully saturated rings. The van der Waals surface area contributed by atoms with Gasteiger partial charge in [-0.05, 0) is 0 Å². The second-order valence-corrected chi connectivity index (χ2v) is 1.14. The fourth-order valence-electron chi connectivity index (χ4n) is 0.179. The van der Waals surface area contributed by atoms with E-state index >= 15 is 0 Å². The number of nitrogens with zero attached hydrogens (tertiary/aromatic N) is 3. The smallest absolute Gasteiger partial charge is 0.0509 e. The minimum atomic E-state index is 1.64. The molecule has 0 spiro atoms. The molecule has 3 heteroatoms. The first-order chi connectivity index (χ1) is 2.77. The molecular formula is C3H9N3. The summed E-state index contributed by atoms with van der Waals surface area (Å²) >= 11 is 0. The SMILES string of the molecule is C/N=N/N(C)C. The van der Waals surface area contributed by atoms with Crippen LogP contribution in [0, 0.1) is 0 Å². The molecule has 36 valence electrons. The summed E-state index contributed by atoms with van der Waals surface area (Å²) in [5, 5.41) is 8.71. The molecule has 0 rings (SSSR count). The van der Waals surface area contributed by atoms with Crippen LogP contribution in [-0.4, -0.2) is 26.2 Å². The summed E-state index contributed by atoms with van der Waals surface area (Å²) in [4.78, 5) is 0. The largest absolute Gasteiger partial charge is 0.285 e. The van der Waals surface area contributed by atoms with Gasteiger partial charge >= 0.3 is 0 Å². The van der Waals surface area contributed by atoms with Gasteiger partial charge in [0.05, 0.1) is 7.05 Å². The van der Waals surface area contributed by atoms with Crippen molar-refractivity contribution in [3.05, 3.63) is 0 Å². The van der Waals surface area contributed by atoms with E-state index in [0.717, 1.165) is 0 Å². The summed E-state index contributed by atoms with van der Waals surface area (Å²) in [6, 6.07) is 0. The molecule has 0 aromatic heterocycles. The van der Waals surface area contributed by atoms with E-state index in [0.29, 0.717) is 0 Å². The Labute approximate surface area is 37.6 Å². The number of hydrogen-bond acceptors (Lipinski definition) is 2. The summed E-state index contributed by atoms with van der Waals surface area (Å²) in [6.07, 6.45) is 0. The highest BCUT2D eigenvalue weighted by Gasteiger charge is 1.68. The highest BCUT2D eigenvalue weighted by atomic mass is 15.5. The first-order valence-corrected chi connectivity index (χ1v) is 1.74. The second-order valence-electron chi connectivity index (χ2n) is 1.14. The summed E-state index contributed by atoms with van der Waals surface area (Å²) in [7, 11) is 5.29. The van der Waals surface area contributed by atoms with Crippen molar-refractivity contribution in [2.45, 2.75) is 0 Å². The van der Waals surface area contributed by atoms with Crippen LogP contribution in [-0.2, 0) is 0 Å². The summed E-state index contributed by atoms with van der Waals surface area (Å²) in [6.45, 7) is 0. The molecule has 0 N–H and O–H groups in total. The third kappa shape index (κ3) is 3.40. The van der Waals surface area contributed by atoms with Gasteiger partial charge in [0.1, 0.15) is 0 Å². The molecule has 0 amide bonds. The highest BCUT2D eigenvalue weighted by molar-refractivity contribution is 4.13. The van der Waals surface area contributed by atoms with Gasteiger partial charge in [-0.1, -0.05) is 5.22 Å². The van der Waals surface area contributed by atoms with Gasteiger partial charge in [-0.25, -0.2) is 0 Å². The van der Waals surface area contributed by atoms with Gasteiger partial charge in [0.2, 0.25) is 0 Å². The molecule has 0 bridgehead atoms. The van der Waals surface area contributed by atoms with E-state index in [-0.39, 0.29) is 0 Å². The molecule has 0 aliphatic rings. The van der Waals surface area contributed by atoms with Gasteiger partial charge in [-0.2, -0.15) is 5.11 Å². The zero-order valence-electron chi connectivity index (χ0n) is 4.34. The molecule has 0 heterocycles. The molecule has 0 unspecified atom stereocenters. The van der Waals surface area contributed by atoms with Crippen LogP contribution in [0.2, 0.25) is 0 Å². The Kier molecular flexibility index (Phi) is 2.36. The van der Waals surface area contributed by atoms with Crippen molar-refractivity contribution in [2.75, 3.05) is 21.1 Å². The van der Waals surface area contributed by atoms with Crippen LogP contribution in [0.25, 0.3) is 0 Å². The van der Waals surface area contributed by atoms with Gasteiger partial charge in [-0.15, -0.1) is 0 Å². The Bertz CT molecular complexity index is 48.0. The molecule has 6 heavy (non-hydrogen) atoms. The van der Waals surface area contributed by atoms with Crippen molar-refractivity contribution in [3.63, 3.8) is 0 Å². The standard InChI is InChI=1S/C3H9N3/c1-4-5-6(2)3/h1-3H3/b5-4+. The number of hydrogen-bond donors (Lipinski definition) is 0. The monoisotopic (exact) mass is 87.1 g/mol. The lowest BCUT2D eigenvalue weighted by molar-refractivity contribution is 0.404. The fraction of sp³-hybridized carbons (Fsp3) is 1.00. The maximum atomic E-state index is 3.58. The third-order valence-corrected chi connectivity index (χ3v) is 0.268. The zero-order chi connectivity index (χ0) is 4.99. The van der Waals surface area contributed by atoms with Gasteiger partial charge in [0.15, 0.2) is 0 Å². The van der Waals surface area contributed by atoms with Gasteiger partial charge in [0.25, 0.3) is 0 Å². The van der Waals surface area contributed by atoms with Crippen LogP contribution in [0.4, 0.5) is 0 Å². The average Bonchev–Trinajstić information content (AvgIpc) is 1.35. The quantitative estimate of drug-likeness (QED) is 0.339. The van der Waals surface area contributed by atoms with Crippen LogP contribution >= 0.6 is 0 Å². The lowest BCUT2D eigenvalue weighted by atomic mass is 11.2. The Morgan fingerprint density at radius 3 is 1.83 bits per heavy atom. The van der Waals surface area contributed by atoms with E-state index in [1.54, 1.807) is 12.1 Å². The normalized spacial score (nSPS) is 9.83. The summed E-state index contributed by atoms with van der Waals surface area (Å²) < 4.78 is 0. The van der Waals surface area contributed by atoms with Crippen LogP contribution in [0.5, 0.6) is 0 Å². The van der Waals surface area contributed by atoms with E-state index in [1.807, 2.05) is 14.1 Å². The van der Waals surface area contributed by atoms with Gasteiger partial charge in [0, 0.05) is 14.1 Å². The molecule has 0 saturated carbocycles. The maximum absolute atomic E-state index is 3.58. The molecule has 0 radical (unpaired) electrons. The molecule has 0 atom stereocenters. The molecule has 3 nitrogen and oxygen atoms in total. The topological polar surface area (TPSA) is 28.0 Å². The van der Waals surface area contributed by atoms with E-state index in [9.17, 15) is 0 Å². The third-order valence-electron chi connectivity index (χ3n) is 0.268. The first kappa shape index (κ1) is 5.40. The zero-order valence-corrected chi connectivity index (χ0v) is 4.34. The van der Waals surface area contributed by atoms with Crippen LogP contribution in [0.15, 0.2) is 10.3 Å². The lowest BCUT2D eigenvalue weighted by Crippen LogP contribution is -1.98. The second kappa shape index (κ2) is 2.63. The molecule has 0 aromatic carbocycles. The van der Waals surface area contributed by atoms with Crippen LogP contribution < -0.4 is 0 Å². The van der Waals surface area contributed by atoms with Crippen molar-refractivity contribution < 1.29 is 0 Å². The van der Waals surface area contributed by atoms with Crippen molar-refractivity contribution in [3.8, 4) is 0 Å². The van der Waals surface area contributed by atoms with Crippen molar-refractivity contribution in [2.24, 2.45) is 10.3 Å². The Morgan fingerprint density at radius 2 is 1.83 bits per heavy atom. The Balaban J connectivity index is 3.03. The van der Waals surface area contributed by atoms with Gasteiger partial charge < -0.3 is 0 Å².